The van der Waals surface area contributed by atoms with Crippen LogP contribution in [-0.2, 0) is 15.8 Å². The van der Waals surface area contributed by atoms with Gasteiger partial charge in [-0.05, 0) is 0 Å². The van der Waals surface area contributed by atoms with Gasteiger partial charge in [0.05, 0.1) is 0 Å². The molecule has 5 heterocycles. The van der Waals surface area contributed by atoms with Crippen LogP contribution in [0, 0.1) is 13.8 Å². The van der Waals surface area contributed by atoms with Crippen molar-refractivity contribution in [3.8, 4) is 51.3 Å². The maximum absolute atomic E-state index is 5.02. The van der Waals surface area contributed by atoms with Gasteiger partial charge >= 0.3 is 68.6 Å². The molecule has 0 saturated heterocycles. The first-order chi connectivity index (χ1) is 24.6. The molecule has 2 N–H and O–H groups in total. The number of nitrogens with one attached hydrogen (secondary N) is 2. The summed E-state index contributed by atoms with van der Waals surface area (Å²) in [6, 6.07) is 38.2. The number of fused-ring (bicyclic) bond motifs is 20. The predicted molar refractivity (Wildman–Crippen MR) is 193 cm³/mol. The van der Waals surface area contributed by atoms with Gasteiger partial charge < -0.3 is 9.97 Å². The van der Waals surface area contributed by atoms with Crippen LogP contribution in [-0.4, -0.2) is 39.9 Å². The van der Waals surface area contributed by atoms with Crippen LogP contribution < -0.4 is 3.88 Å². The van der Waals surface area contributed by atoms with Gasteiger partial charge in [-0.15, -0.1) is 0 Å². The van der Waals surface area contributed by atoms with Crippen molar-refractivity contribution in [3.63, 3.8) is 0 Å². The second kappa shape index (κ2) is 12.0. The zero-order valence-corrected chi connectivity index (χ0v) is 27.9. The first-order valence-electron chi connectivity index (χ1n) is 16.1. The van der Waals surface area contributed by atoms with Gasteiger partial charge in [-0.3, -0.25) is 0 Å². The molecule has 8 bridgehead atoms. The van der Waals surface area contributed by atoms with Gasteiger partial charge in [0, 0.05) is 43.8 Å². The summed E-state index contributed by atoms with van der Waals surface area (Å²) < 4.78 is 4.80. The summed E-state index contributed by atoms with van der Waals surface area (Å²) in [5, 5.41) is 3.82. The van der Waals surface area contributed by atoms with Crippen LogP contribution in [0.4, 0.5) is 0 Å². The molecular weight excluding hydrogens is 667 g/mol. The summed E-state index contributed by atoms with van der Waals surface area (Å²) in [5.41, 5.74) is 8.65. The van der Waals surface area contributed by atoms with E-state index in [4.69, 9.17) is 33.8 Å². The number of benzene rings is 5. The quantitative estimate of drug-likeness (QED) is 0.165. The molecule has 0 aliphatic carbocycles. The van der Waals surface area contributed by atoms with E-state index in [-0.39, 0.29) is 0 Å². The van der Waals surface area contributed by atoms with Crippen molar-refractivity contribution in [1.82, 2.24) is 39.9 Å². The maximum atomic E-state index is 5.02. The minimum atomic E-state index is 0.597. The van der Waals surface area contributed by atoms with Gasteiger partial charge in [0.15, 0.2) is 23.3 Å². The Morgan fingerprint density at radius 1 is 0.400 bits per heavy atom. The van der Waals surface area contributed by atoms with Crippen molar-refractivity contribution < 1.29 is 19.7 Å². The summed E-state index contributed by atoms with van der Waals surface area (Å²) in [5.74, 6) is 3.22. The summed E-state index contributed by atoms with van der Waals surface area (Å²) in [4.78, 5) is 36.8. The second-order valence-electron chi connectivity index (χ2n) is 12.1. The Hall–Kier alpha value is -6.25. The normalized spacial score (nSPS) is 11.5. The van der Waals surface area contributed by atoms with Gasteiger partial charge in [0.2, 0.25) is 0 Å². The number of aryl methyl sites for hydroxylation is 2. The molecule has 5 aromatic carbocycles. The van der Waals surface area contributed by atoms with Crippen molar-refractivity contribution in [3.05, 3.63) is 126 Å². The molecule has 0 atom stereocenters. The summed E-state index contributed by atoms with van der Waals surface area (Å²) in [6.07, 6.45) is 0. The number of nitrogens with zero attached hydrogens (tertiary/aromatic N) is 6. The average molecular weight is 694 g/mol. The standard InChI is InChI=1S/C32H18N8.C8H10O.Ni/c1-2-10-18-17(9-1)25-33-26(18)38-28-21-13-5-6-14-22(21)30(35-28)40-32-24-16-8-7-15-23(24)31(36-32)39-29-20-12-4-3-11-19(20)27(34-29)37-25;1-6-4-3-5-7(2)8(6)9;/h1-16H,(H2,33,34,35,36,37,38,39,40);3-5,9H,1-2H3;/q;;+1/p-1. The van der Waals surface area contributed by atoms with Crippen LogP contribution in [0.1, 0.15) is 11.1 Å². The Bertz CT molecular complexity index is 2470. The monoisotopic (exact) mass is 693 g/mol. The fourth-order valence-electron chi connectivity index (χ4n) is 6.49. The van der Waals surface area contributed by atoms with Crippen molar-refractivity contribution in [2.24, 2.45) is 0 Å². The van der Waals surface area contributed by atoms with Crippen molar-refractivity contribution in [2.75, 3.05) is 0 Å². The molecule has 0 saturated carbocycles. The molecule has 0 unspecified atom stereocenters. The van der Waals surface area contributed by atoms with E-state index in [1.165, 1.54) is 0 Å². The molecule has 0 radical (unpaired) electrons. The molecule has 2 aliphatic heterocycles. The zero-order chi connectivity index (χ0) is 33.8. The molecule has 3 aromatic heterocycles. The third-order valence-electron chi connectivity index (χ3n) is 8.93. The summed E-state index contributed by atoms with van der Waals surface area (Å²) >= 11 is 4.21. The number of rotatable bonds is 1. The fourth-order valence-corrected chi connectivity index (χ4v) is 6.81. The average Bonchev–Trinajstić information content (AvgIpc) is 3.88. The predicted octanol–water partition coefficient (Wildman–Crippen LogP) is 9.01. The molecule has 0 amide bonds. The Kier molecular flexibility index (Phi) is 7.18. The van der Waals surface area contributed by atoms with E-state index in [1.54, 1.807) is 0 Å². The van der Waals surface area contributed by atoms with Crippen molar-refractivity contribution >= 4 is 44.1 Å². The maximum Gasteiger partial charge on any atom is 0.164 e. The van der Waals surface area contributed by atoms with Crippen LogP contribution in [0.3, 0.4) is 0 Å². The molecule has 9 nitrogen and oxygen atoms in total. The summed E-state index contributed by atoms with van der Waals surface area (Å²) in [6.45, 7) is 3.97. The molecule has 8 aromatic rings. The minimum Gasteiger partial charge on any atom is -0.324 e. The van der Waals surface area contributed by atoms with E-state index < -0.39 is 0 Å². The van der Waals surface area contributed by atoms with Crippen LogP contribution in [0.25, 0.3) is 89.7 Å². The van der Waals surface area contributed by atoms with Crippen LogP contribution in [0.15, 0.2) is 115 Å². The Balaban J connectivity index is 0.000000293. The fraction of sp³-hybridized carbons (Fsp3) is 0.0500. The Morgan fingerprint density at radius 2 is 0.700 bits per heavy atom. The number of H-pyrrole nitrogens is 2. The largest absolute Gasteiger partial charge is 0.324 e. The minimum absolute atomic E-state index is 0.597. The molecular formula is C40H27N8NiO. The van der Waals surface area contributed by atoms with Gasteiger partial charge in [0.25, 0.3) is 0 Å². The van der Waals surface area contributed by atoms with Crippen LogP contribution in [0.2, 0.25) is 0 Å². The number of aromatic nitrogens is 8. The van der Waals surface area contributed by atoms with Gasteiger partial charge in [-0.25, -0.2) is 29.9 Å². The number of aromatic amines is 2. The molecule has 0 spiro atoms. The van der Waals surface area contributed by atoms with Crippen LogP contribution in [0.5, 0.6) is 5.75 Å². The first-order valence-corrected chi connectivity index (χ1v) is 16.5. The van der Waals surface area contributed by atoms with E-state index in [0.29, 0.717) is 45.9 Å². The van der Waals surface area contributed by atoms with E-state index in [0.717, 1.165) is 60.7 Å². The molecule has 243 valence electrons. The molecule has 50 heavy (non-hydrogen) atoms. The number of hydrogen-bond acceptors (Lipinski definition) is 7. The van der Waals surface area contributed by atoms with E-state index in [9.17, 15) is 0 Å². The van der Waals surface area contributed by atoms with Gasteiger partial charge in [0.1, 0.15) is 22.6 Å². The Labute approximate surface area is 294 Å². The van der Waals surface area contributed by atoms with Crippen molar-refractivity contribution in [2.45, 2.75) is 13.8 Å². The summed E-state index contributed by atoms with van der Waals surface area (Å²) in [7, 11) is 0. The number of para-hydroxylation sites is 1. The van der Waals surface area contributed by atoms with Gasteiger partial charge in [-0.2, -0.15) is 0 Å². The van der Waals surface area contributed by atoms with E-state index in [2.05, 4.69) is 25.8 Å². The molecule has 10 rings (SSSR count). The van der Waals surface area contributed by atoms with Gasteiger partial charge in [-0.1, -0.05) is 97.1 Å². The topological polar surface area (TPSA) is 118 Å². The van der Waals surface area contributed by atoms with E-state index in [1.807, 2.05) is 129 Å². The second-order valence-corrected chi connectivity index (χ2v) is 12.3. The smallest absolute Gasteiger partial charge is 0.164 e. The number of hydrogen-bond donors (Lipinski definition) is 2. The first kappa shape index (κ1) is 29.9. The SMILES string of the molecule is Cc1cccc(C)c1[O][Ni].c1ccc2c(c1)-c1nc-2nc2[nH]c(nc3nc(nc4[nH]c(n1)c1ccccc41)-c1ccccc1-3)c1ccccc21. The third kappa shape index (κ3) is 5.00. The zero-order valence-electron chi connectivity index (χ0n) is 26.9. The molecule has 0 fully saturated rings. The third-order valence-corrected chi connectivity index (χ3v) is 9.14. The molecule has 2 aliphatic rings. The Morgan fingerprint density at radius 3 is 0.980 bits per heavy atom. The van der Waals surface area contributed by atoms with Crippen LogP contribution >= 0.6 is 0 Å². The molecule has 10 heteroatoms. The van der Waals surface area contributed by atoms with E-state index >= 15 is 0 Å². The van der Waals surface area contributed by atoms with Crippen molar-refractivity contribution in [1.29, 1.82) is 0 Å².